The molecule has 1 atom stereocenters. The van der Waals surface area contributed by atoms with Gasteiger partial charge in [0.25, 0.3) is 0 Å². The van der Waals surface area contributed by atoms with Crippen molar-refractivity contribution in [1.82, 2.24) is 9.80 Å². The van der Waals surface area contributed by atoms with E-state index in [1.165, 1.54) is 11.6 Å². The molecule has 5 nitrogen and oxygen atoms in total. The Morgan fingerprint density at radius 3 is 2.31 bits per heavy atom. The van der Waals surface area contributed by atoms with E-state index in [1.54, 1.807) is 25.3 Å². The topological polar surface area (TPSA) is 34.2 Å². The van der Waals surface area contributed by atoms with Crippen molar-refractivity contribution in [1.29, 1.82) is 0 Å². The van der Waals surface area contributed by atoms with E-state index in [0.717, 1.165) is 51.2 Å². The largest absolute Gasteiger partial charge is 0.492 e. The summed E-state index contributed by atoms with van der Waals surface area (Å²) in [4.78, 5) is 4.90. The molecule has 1 fully saturated rings. The van der Waals surface area contributed by atoms with Gasteiger partial charge in [-0.3, -0.25) is 9.80 Å². The number of likely N-dealkylation sites (tertiary alicyclic amines) is 1. The van der Waals surface area contributed by atoms with E-state index in [-0.39, 0.29) is 11.6 Å². The molecule has 0 aliphatic carbocycles. The highest BCUT2D eigenvalue weighted by atomic mass is 19.1. The first-order valence-corrected chi connectivity index (χ1v) is 12.9. The van der Waals surface area contributed by atoms with Gasteiger partial charge in [-0.1, -0.05) is 24.3 Å². The molecule has 0 unspecified atom stereocenters. The molecule has 194 valence electrons. The van der Waals surface area contributed by atoms with Gasteiger partial charge in [-0.15, -0.1) is 0 Å². The highest BCUT2D eigenvalue weighted by Crippen LogP contribution is 2.29. The Morgan fingerprint density at radius 1 is 0.943 bits per heavy atom. The number of hydrogen-bond donors (Lipinski definition) is 0. The van der Waals surface area contributed by atoms with E-state index in [0.29, 0.717) is 25.3 Å². The van der Waals surface area contributed by atoms with E-state index >= 15 is 0 Å². The van der Waals surface area contributed by atoms with Crippen LogP contribution in [0.15, 0.2) is 48.5 Å². The molecular formula is C29H43FN2O3. The van der Waals surface area contributed by atoms with Crippen molar-refractivity contribution >= 4 is 0 Å². The fraction of sp³-hybridized carbons (Fsp3) is 0.586. The number of rotatable bonds is 12. The quantitative estimate of drug-likeness (QED) is 0.380. The monoisotopic (exact) mass is 486 g/mol. The number of para-hydroxylation sites is 1. The fourth-order valence-electron chi connectivity index (χ4n) is 4.89. The van der Waals surface area contributed by atoms with Crippen LogP contribution in [0.5, 0.6) is 11.5 Å². The second kappa shape index (κ2) is 13.2. The van der Waals surface area contributed by atoms with Crippen LogP contribution in [-0.2, 0) is 11.3 Å². The molecule has 0 saturated carbocycles. The lowest BCUT2D eigenvalue weighted by atomic mass is 9.95. The van der Waals surface area contributed by atoms with Crippen LogP contribution in [0.25, 0.3) is 0 Å². The Labute approximate surface area is 211 Å². The smallest absolute Gasteiger partial charge is 0.165 e. The number of nitrogens with zero attached hydrogens (tertiary/aromatic N) is 2. The summed E-state index contributed by atoms with van der Waals surface area (Å²) in [6.07, 6.45) is 2.75. The minimum atomic E-state index is -0.394. The summed E-state index contributed by atoms with van der Waals surface area (Å²) < 4.78 is 31.7. The maximum absolute atomic E-state index is 14.0. The Balaban J connectivity index is 1.48. The van der Waals surface area contributed by atoms with Crippen molar-refractivity contribution in [2.75, 3.05) is 40.0 Å². The molecule has 0 amide bonds. The van der Waals surface area contributed by atoms with Crippen molar-refractivity contribution in [3.63, 3.8) is 0 Å². The molecule has 35 heavy (non-hydrogen) atoms. The number of ether oxygens (including phenoxy) is 3. The van der Waals surface area contributed by atoms with Gasteiger partial charge in [-0.05, 0) is 83.3 Å². The molecule has 1 aliphatic heterocycles. The standard InChI is InChI=1S/C29H43FN2O3/c1-23(2)32(24(3)4)19-20-34-26-13-11-25(12-14-26)21-31-17-8-15-29(33-5,16-18-31)22-35-28-10-7-6-9-27(28)30/h6-7,9-14,23-24H,8,15-22H2,1-5H3/t29-/m0/s1. The van der Waals surface area contributed by atoms with Crippen LogP contribution >= 0.6 is 0 Å². The molecule has 2 aromatic rings. The lowest BCUT2D eigenvalue weighted by Gasteiger charge is -2.31. The molecular weight excluding hydrogens is 443 g/mol. The normalized spacial score (nSPS) is 19.3. The van der Waals surface area contributed by atoms with Gasteiger partial charge in [0.1, 0.15) is 24.6 Å². The predicted octanol–water partition coefficient (Wildman–Crippen LogP) is 5.77. The third-order valence-electron chi connectivity index (χ3n) is 7.03. The molecule has 0 aromatic heterocycles. The van der Waals surface area contributed by atoms with Crippen LogP contribution in [0.1, 0.15) is 52.5 Å². The zero-order chi connectivity index (χ0) is 25.3. The molecule has 3 rings (SSSR count). The van der Waals surface area contributed by atoms with Gasteiger partial charge in [0, 0.05) is 38.8 Å². The van der Waals surface area contributed by atoms with Crippen molar-refractivity contribution in [2.24, 2.45) is 0 Å². The molecule has 0 spiro atoms. The van der Waals surface area contributed by atoms with E-state index in [9.17, 15) is 4.39 Å². The van der Waals surface area contributed by atoms with E-state index < -0.39 is 5.60 Å². The first kappa shape index (κ1) is 27.4. The number of hydrogen-bond acceptors (Lipinski definition) is 5. The molecule has 2 aromatic carbocycles. The van der Waals surface area contributed by atoms with Crippen molar-refractivity contribution < 1.29 is 18.6 Å². The van der Waals surface area contributed by atoms with E-state index in [4.69, 9.17) is 14.2 Å². The van der Waals surface area contributed by atoms with Gasteiger partial charge in [0.05, 0.1) is 0 Å². The van der Waals surface area contributed by atoms with E-state index in [1.807, 2.05) is 0 Å². The first-order valence-electron chi connectivity index (χ1n) is 12.9. The second-order valence-corrected chi connectivity index (χ2v) is 10.2. The second-order valence-electron chi connectivity index (χ2n) is 10.2. The Kier molecular flexibility index (Phi) is 10.4. The summed E-state index contributed by atoms with van der Waals surface area (Å²) in [5.74, 6) is 0.868. The van der Waals surface area contributed by atoms with Gasteiger partial charge in [0.15, 0.2) is 11.6 Å². The maximum atomic E-state index is 14.0. The predicted molar refractivity (Wildman–Crippen MR) is 140 cm³/mol. The maximum Gasteiger partial charge on any atom is 0.165 e. The zero-order valence-corrected chi connectivity index (χ0v) is 22.1. The third-order valence-corrected chi connectivity index (χ3v) is 7.03. The zero-order valence-electron chi connectivity index (χ0n) is 22.1. The summed E-state index contributed by atoms with van der Waals surface area (Å²) >= 11 is 0. The molecule has 0 bridgehead atoms. The van der Waals surface area contributed by atoms with Crippen LogP contribution in [0, 0.1) is 5.82 Å². The van der Waals surface area contributed by atoms with Crippen molar-refractivity contribution in [3.8, 4) is 11.5 Å². The van der Waals surface area contributed by atoms with Crippen LogP contribution in [0.2, 0.25) is 0 Å². The van der Waals surface area contributed by atoms with Crippen molar-refractivity contribution in [2.45, 2.75) is 71.2 Å². The van der Waals surface area contributed by atoms with Crippen molar-refractivity contribution in [3.05, 3.63) is 59.9 Å². The third kappa shape index (κ3) is 8.19. The highest BCUT2D eigenvalue weighted by molar-refractivity contribution is 5.27. The molecule has 1 saturated heterocycles. The molecule has 0 N–H and O–H groups in total. The average molecular weight is 487 g/mol. The highest BCUT2D eigenvalue weighted by Gasteiger charge is 2.34. The lowest BCUT2D eigenvalue weighted by molar-refractivity contribution is -0.0548. The number of benzene rings is 2. The minimum Gasteiger partial charge on any atom is -0.492 e. The van der Waals surface area contributed by atoms with Gasteiger partial charge >= 0.3 is 0 Å². The van der Waals surface area contributed by atoms with E-state index in [2.05, 4.69) is 61.8 Å². The Morgan fingerprint density at radius 2 is 1.66 bits per heavy atom. The molecule has 6 heteroatoms. The van der Waals surface area contributed by atoms with Crippen LogP contribution in [0.3, 0.4) is 0 Å². The Bertz CT molecular complexity index is 882. The van der Waals surface area contributed by atoms with Gasteiger partial charge in [0.2, 0.25) is 0 Å². The molecule has 1 heterocycles. The van der Waals surface area contributed by atoms with Crippen LogP contribution in [0.4, 0.5) is 4.39 Å². The molecule has 1 aliphatic rings. The summed E-state index contributed by atoms with van der Waals surface area (Å²) in [6, 6.07) is 16.0. The van der Waals surface area contributed by atoms with Crippen LogP contribution in [-0.4, -0.2) is 67.4 Å². The van der Waals surface area contributed by atoms with Gasteiger partial charge in [-0.25, -0.2) is 4.39 Å². The molecule has 0 radical (unpaired) electrons. The summed E-state index contributed by atoms with van der Waals surface area (Å²) in [5.41, 5.74) is 0.880. The SMILES string of the molecule is CO[C@@]1(COc2ccccc2F)CCCN(Cc2ccc(OCCN(C(C)C)C(C)C)cc2)CC1. The fourth-order valence-corrected chi connectivity index (χ4v) is 4.89. The summed E-state index contributed by atoms with van der Waals surface area (Å²) in [7, 11) is 1.74. The Hall–Kier alpha value is -2.15. The summed E-state index contributed by atoms with van der Waals surface area (Å²) in [5, 5.41) is 0. The first-order chi connectivity index (χ1) is 16.8. The summed E-state index contributed by atoms with van der Waals surface area (Å²) in [6.45, 7) is 13.7. The number of halogens is 1. The number of methoxy groups -OCH3 is 1. The average Bonchev–Trinajstić information content (AvgIpc) is 3.04. The van der Waals surface area contributed by atoms with Crippen LogP contribution < -0.4 is 9.47 Å². The van der Waals surface area contributed by atoms with Gasteiger partial charge in [-0.2, -0.15) is 0 Å². The lowest BCUT2D eigenvalue weighted by Crippen LogP contribution is -2.39. The minimum absolute atomic E-state index is 0.286. The van der Waals surface area contributed by atoms with Gasteiger partial charge < -0.3 is 14.2 Å².